The fourth-order valence-electron chi connectivity index (χ4n) is 4.97. The minimum Gasteiger partial charge on any atom is -0.475 e. The molecule has 3 N–H and O–H groups in total. The molecule has 1 amide bonds. The maximum absolute atomic E-state index is 12.9. The summed E-state index contributed by atoms with van der Waals surface area (Å²) in [5.41, 5.74) is 4.80. The highest BCUT2D eigenvalue weighted by atomic mass is 32.2. The Morgan fingerprint density at radius 2 is 1.91 bits per heavy atom. The number of carboxylic acid groups (broad SMARTS) is 1. The highest BCUT2D eigenvalue weighted by molar-refractivity contribution is 7.90. The Labute approximate surface area is 248 Å². The number of allylic oxidation sites excluding steroid dienone is 2. The van der Waals surface area contributed by atoms with Crippen molar-refractivity contribution in [1.82, 2.24) is 14.9 Å². The summed E-state index contributed by atoms with van der Waals surface area (Å²) in [7, 11) is -2.96. The number of alkyl halides is 3. The lowest BCUT2D eigenvalue weighted by atomic mass is 9.76. The van der Waals surface area contributed by atoms with Crippen molar-refractivity contribution < 1.29 is 36.3 Å². The number of nitrogens with zero attached hydrogens (tertiary/aromatic N) is 3. The number of rotatable bonds is 7. The Morgan fingerprint density at radius 1 is 1.26 bits per heavy atom. The molecule has 0 radical (unpaired) electrons. The number of aromatic nitrogens is 2. The average Bonchev–Trinajstić information content (AvgIpc) is 3.42. The Morgan fingerprint density at radius 3 is 2.42 bits per heavy atom. The highest BCUT2D eigenvalue weighted by Gasteiger charge is 2.38. The van der Waals surface area contributed by atoms with Crippen LogP contribution in [-0.4, -0.2) is 78.1 Å². The predicted molar refractivity (Wildman–Crippen MR) is 155 cm³/mol. The van der Waals surface area contributed by atoms with Crippen molar-refractivity contribution >= 4 is 33.0 Å². The number of aromatic amines is 1. The van der Waals surface area contributed by atoms with Gasteiger partial charge in [-0.05, 0) is 79.8 Å². The Kier molecular flexibility index (Phi) is 10.8. The van der Waals surface area contributed by atoms with E-state index in [1.165, 1.54) is 23.6 Å². The van der Waals surface area contributed by atoms with Crippen molar-refractivity contribution in [3.8, 4) is 6.07 Å². The van der Waals surface area contributed by atoms with Crippen LogP contribution in [0.5, 0.6) is 0 Å². The van der Waals surface area contributed by atoms with Crippen molar-refractivity contribution in [2.45, 2.75) is 58.0 Å². The Balaban J connectivity index is 0.000000646. The molecule has 0 bridgehead atoms. The van der Waals surface area contributed by atoms with E-state index in [4.69, 9.17) is 15.2 Å². The zero-order valence-electron chi connectivity index (χ0n) is 24.3. The molecule has 1 aliphatic carbocycles. The van der Waals surface area contributed by atoms with Gasteiger partial charge in [-0.1, -0.05) is 26.0 Å². The largest absolute Gasteiger partial charge is 0.490 e. The number of hydrogen-bond donors (Lipinski definition) is 3. The van der Waals surface area contributed by atoms with E-state index in [2.05, 4.69) is 52.2 Å². The SMILES string of the molecule is CC1(C)CC=C(c2cc(C3CCN(CCS(C)(=O)=O)CC3)ccc2NC(=O)c2ncc(C#N)[nH]2)CC1.O=C(O)C(F)(F)F. The molecule has 2 aliphatic rings. The molecular weight excluding hydrogens is 587 g/mol. The van der Waals surface area contributed by atoms with Gasteiger partial charge in [-0.3, -0.25) is 4.79 Å². The van der Waals surface area contributed by atoms with Crippen LogP contribution in [0.1, 0.15) is 79.3 Å². The summed E-state index contributed by atoms with van der Waals surface area (Å²) in [4.78, 5) is 30.7. The van der Waals surface area contributed by atoms with Crippen LogP contribution in [0.15, 0.2) is 30.5 Å². The van der Waals surface area contributed by atoms with E-state index in [0.717, 1.165) is 56.4 Å². The average molecular weight is 624 g/mol. The van der Waals surface area contributed by atoms with Gasteiger partial charge in [0.25, 0.3) is 5.91 Å². The minimum atomic E-state index is -5.08. The summed E-state index contributed by atoms with van der Waals surface area (Å²) in [6, 6.07) is 8.25. The summed E-state index contributed by atoms with van der Waals surface area (Å²) in [6.07, 6.45) is 4.83. The van der Waals surface area contributed by atoms with Crippen molar-refractivity contribution in [2.75, 3.05) is 37.0 Å². The van der Waals surface area contributed by atoms with Crippen LogP contribution in [0, 0.1) is 16.7 Å². The number of anilines is 1. The number of nitrogens with one attached hydrogen (secondary N) is 2. The van der Waals surface area contributed by atoms with E-state index in [1.54, 1.807) is 0 Å². The summed E-state index contributed by atoms with van der Waals surface area (Å²) in [5, 5.41) is 19.2. The fraction of sp³-hybridized carbons (Fsp3) is 0.517. The molecule has 234 valence electrons. The number of carboxylic acids is 1. The summed E-state index contributed by atoms with van der Waals surface area (Å²) in [6.45, 7) is 6.90. The molecule has 14 heteroatoms. The number of benzene rings is 1. The summed E-state index contributed by atoms with van der Waals surface area (Å²) >= 11 is 0. The number of imidazole rings is 1. The van der Waals surface area contributed by atoms with Gasteiger partial charge in [0.05, 0.1) is 11.9 Å². The second-order valence-corrected chi connectivity index (χ2v) is 13.9. The van der Waals surface area contributed by atoms with Gasteiger partial charge in [0, 0.05) is 24.1 Å². The monoisotopic (exact) mass is 623 g/mol. The molecule has 1 fully saturated rings. The van der Waals surface area contributed by atoms with Gasteiger partial charge in [-0.2, -0.15) is 18.4 Å². The molecule has 0 atom stereocenters. The van der Waals surface area contributed by atoms with E-state index in [9.17, 15) is 26.4 Å². The first-order valence-electron chi connectivity index (χ1n) is 13.8. The second kappa shape index (κ2) is 13.7. The lowest BCUT2D eigenvalue weighted by molar-refractivity contribution is -0.192. The number of likely N-dealkylation sites (tertiary alicyclic amines) is 1. The van der Waals surface area contributed by atoms with E-state index >= 15 is 0 Å². The molecule has 4 rings (SSSR count). The highest BCUT2D eigenvalue weighted by Crippen LogP contribution is 2.41. The zero-order chi connectivity index (χ0) is 32.0. The van der Waals surface area contributed by atoms with Crippen LogP contribution in [0.25, 0.3) is 5.57 Å². The van der Waals surface area contributed by atoms with Gasteiger partial charge < -0.3 is 20.3 Å². The summed E-state index contributed by atoms with van der Waals surface area (Å²) in [5.74, 6) is -2.42. The minimum absolute atomic E-state index is 0.113. The number of carbonyl (C=O) groups is 2. The van der Waals surface area contributed by atoms with Crippen molar-refractivity contribution in [3.63, 3.8) is 0 Å². The summed E-state index contributed by atoms with van der Waals surface area (Å²) < 4.78 is 54.8. The molecule has 2 heterocycles. The standard InChI is InChI=1S/C27H35N5O3S.C2HF3O2/c1-27(2)10-6-20(7-11-27)23-16-21(19-8-12-32(13-9-19)14-15-36(3,34)35)4-5-24(23)31-26(33)25-29-18-22(17-28)30-25;3-2(4,5)1(6)7/h4-6,16,18-19H,7-15H2,1-3H3,(H,29,30)(H,31,33);(H,6,7). The van der Waals surface area contributed by atoms with Gasteiger partial charge in [0.15, 0.2) is 5.82 Å². The third-order valence-electron chi connectivity index (χ3n) is 7.60. The number of carbonyl (C=O) groups excluding carboxylic acids is 1. The van der Waals surface area contributed by atoms with Gasteiger partial charge in [-0.25, -0.2) is 18.2 Å². The molecule has 0 saturated carbocycles. The number of sulfone groups is 1. The number of amides is 1. The topological polar surface area (TPSA) is 156 Å². The van der Waals surface area contributed by atoms with Crippen molar-refractivity contribution in [1.29, 1.82) is 5.26 Å². The van der Waals surface area contributed by atoms with Crippen LogP contribution < -0.4 is 5.32 Å². The van der Waals surface area contributed by atoms with Crippen LogP contribution in [0.2, 0.25) is 0 Å². The number of halogens is 3. The first-order valence-corrected chi connectivity index (χ1v) is 15.8. The smallest absolute Gasteiger partial charge is 0.475 e. The maximum Gasteiger partial charge on any atom is 0.490 e. The number of hydrogen-bond acceptors (Lipinski definition) is 7. The normalized spacial score (nSPS) is 17.7. The van der Waals surface area contributed by atoms with Crippen LogP contribution in [0.3, 0.4) is 0 Å². The van der Waals surface area contributed by atoms with Gasteiger partial charge in [0.2, 0.25) is 0 Å². The first kappa shape index (κ1) is 33.8. The van der Waals surface area contributed by atoms with Crippen LogP contribution in [-0.2, 0) is 14.6 Å². The van der Waals surface area contributed by atoms with E-state index < -0.39 is 22.0 Å². The molecule has 1 aliphatic heterocycles. The lowest BCUT2D eigenvalue weighted by Gasteiger charge is -2.33. The van der Waals surface area contributed by atoms with E-state index in [0.29, 0.717) is 12.5 Å². The molecule has 10 nitrogen and oxygen atoms in total. The van der Waals surface area contributed by atoms with Crippen molar-refractivity contribution in [3.05, 3.63) is 53.1 Å². The number of aliphatic carboxylic acids is 1. The molecule has 43 heavy (non-hydrogen) atoms. The third kappa shape index (κ3) is 10.2. The fourth-order valence-corrected chi connectivity index (χ4v) is 5.56. The molecule has 1 aromatic heterocycles. The van der Waals surface area contributed by atoms with Gasteiger partial charge in [0.1, 0.15) is 21.6 Å². The molecule has 0 spiro atoms. The maximum atomic E-state index is 12.9. The Hall–Kier alpha value is -3.70. The Bertz CT molecular complexity index is 1500. The molecule has 2 aromatic rings. The third-order valence-corrected chi connectivity index (χ3v) is 8.53. The second-order valence-electron chi connectivity index (χ2n) is 11.7. The first-order chi connectivity index (χ1) is 20.0. The lowest BCUT2D eigenvalue weighted by Crippen LogP contribution is -2.36. The number of H-pyrrole nitrogens is 1. The van der Waals surface area contributed by atoms with Crippen LogP contribution >= 0.6 is 0 Å². The van der Waals surface area contributed by atoms with E-state index in [-0.39, 0.29) is 28.6 Å². The zero-order valence-corrected chi connectivity index (χ0v) is 25.1. The molecule has 1 saturated heterocycles. The molecule has 0 unspecified atom stereocenters. The quantitative estimate of drug-likeness (QED) is 0.390. The number of nitriles is 1. The van der Waals surface area contributed by atoms with Gasteiger partial charge in [-0.15, -0.1) is 0 Å². The predicted octanol–water partition coefficient (Wildman–Crippen LogP) is 4.98. The van der Waals surface area contributed by atoms with Crippen molar-refractivity contribution in [2.24, 2.45) is 5.41 Å². The number of piperidine rings is 1. The van der Waals surface area contributed by atoms with Crippen LogP contribution in [0.4, 0.5) is 18.9 Å². The molecular formula is C29H36F3N5O5S. The molecule has 1 aromatic carbocycles. The van der Waals surface area contributed by atoms with E-state index in [1.807, 2.05) is 12.1 Å². The van der Waals surface area contributed by atoms with Gasteiger partial charge >= 0.3 is 12.1 Å².